The van der Waals surface area contributed by atoms with Crippen LogP contribution in [0.5, 0.6) is 0 Å². The van der Waals surface area contributed by atoms with Crippen molar-refractivity contribution in [1.29, 1.82) is 0 Å². The number of aryl methyl sites for hydroxylation is 1. The van der Waals surface area contributed by atoms with Gasteiger partial charge in [0.2, 0.25) is 5.91 Å². The van der Waals surface area contributed by atoms with Crippen molar-refractivity contribution in [2.45, 2.75) is 19.8 Å². The summed E-state index contributed by atoms with van der Waals surface area (Å²) in [6, 6.07) is 0. The monoisotopic (exact) mass is 299 g/mol. The van der Waals surface area contributed by atoms with E-state index in [2.05, 4.69) is 15.6 Å². The van der Waals surface area contributed by atoms with Crippen LogP contribution in [0, 0.1) is 0 Å². The van der Waals surface area contributed by atoms with Gasteiger partial charge in [0.25, 0.3) is 0 Å². The summed E-state index contributed by atoms with van der Waals surface area (Å²) in [5, 5.41) is 7.98. The number of hydrogen-bond acceptors (Lipinski definition) is 4. The third-order valence-electron chi connectivity index (χ3n) is 1.97. The number of thiazole rings is 1. The van der Waals surface area contributed by atoms with Crippen LogP contribution in [-0.4, -0.2) is 30.5 Å². The molecule has 1 heterocycles. The van der Waals surface area contributed by atoms with Crippen LogP contribution in [0.3, 0.4) is 0 Å². The van der Waals surface area contributed by atoms with Crippen LogP contribution in [0.25, 0.3) is 0 Å². The van der Waals surface area contributed by atoms with Gasteiger partial charge in [-0.05, 0) is 13.0 Å². The zero-order valence-electron chi connectivity index (χ0n) is 9.77. The van der Waals surface area contributed by atoms with Crippen LogP contribution < -0.4 is 10.6 Å². The smallest absolute Gasteiger partial charge is 0.220 e. The van der Waals surface area contributed by atoms with Crippen molar-refractivity contribution in [3.63, 3.8) is 0 Å². The standard InChI is InChI=1S/C10H17N3OS.2ClH/c1-2-11-5-6-12-10(14)4-3-9-7-15-8-13-9;;/h7-8,11H,2-6H2,1H3,(H,12,14);2*1H. The Kier molecular flexibility index (Phi) is 13.5. The largest absolute Gasteiger partial charge is 0.355 e. The third-order valence-corrected chi connectivity index (χ3v) is 2.60. The van der Waals surface area contributed by atoms with Gasteiger partial charge >= 0.3 is 0 Å². The van der Waals surface area contributed by atoms with Crippen LogP contribution in [0.2, 0.25) is 0 Å². The van der Waals surface area contributed by atoms with Crippen molar-refractivity contribution in [3.8, 4) is 0 Å². The van der Waals surface area contributed by atoms with E-state index in [9.17, 15) is 4.79 Å². The van der Waals surface area contributed by atoms with Crippen LogP contribution in [-0.2, 0) is 11.2 Å². The molecule has 0 fully saturated rings. The molecule has 0 aliphatic heterocycles. The van der Waals surface area contributed by atoms with Crippen LogP contribution in [0.4, 0.5) is 0 Å². The Labute approximate surface area is 118 Å². The topological polar surface area (TPSA) is 54.0 Å². The van der Waals surface area contributed by atoms with Gasteiger partial charge in [0.1, 0.15) is 0 Å². The normalized spacial score (nSPS) is 9.00. The van der Waals surface area contributed by atoms with Crippen molar-refractivity contribution in [1.82, 2.24) is 15.6 Å². The van der Waals surface area contributed by atoms with Gasteiger partial charge in [-0.2, -0.15) is 0 Å². The van der Waals surface area contributed by atoms with Gasteiger partial charge in [-0.3, -0.25) is 4.79 Å². The molecule has 0 radical (unpaired) electrons. The van der Waals surface area contributed by atoms with E-state index in [1.165, 1.54) is 0 Å². The van der Waals surface area contributed by atoms with Gasteiger partial charge in [0, 0.05) is 24.9 Å². The Morgan fingerprint density at radius 2 is 2.18 bits per heavy atom. The summed E-state index contributed by atoms with van der Waals surface area (Å²) in [5.74, 6) is 0.0981. The highest BCUT2D eigenvalue weighted by Crippen LogP contribution is 2.03. The third kappa shape index (κ3) is 9.35. The minimum absolute atomic E-state index is 0. The Morgan fingerprint density at radius 1 is 1.41 bits per heavy atom. The lowest BCUT2D eigenvalue weighted by molar-refractivity contribution is -0.121. The van der Waals surface area contributed by atoms with Crippen LogP contribution in [0.1, 0.15) is 19.0 Å². The van der Waals surface area contributed by atoms with Crippen molar-refractivity contribution in [2.75, 3.05) is 19.6 Å². The first-order valence-electron chi connectivity index (χ1n) is 5.17. The summed E-state index contributed by atoms with van der Waals surface area (Å²) in [6.07, 6.45) is 1.26. The first kappa shape index (κ1) is 19.0. The molecule has 7 heteroatoms. The van der Waals surface area contributed by atoms with Crippen molar-refractivity contribution < 1.29 is 4.79 Å². The fourth-order valence-electron chi connectivity index (χ4n) is 1.16. The van der Waals surface area contributed by atoms with E-state index in [1.54, 1.807) is 16.8 Å². The second-order valence-corrected chi connectivity index (χ2v) is 3.90. The van der Waals surface area contributed by atoms with E-state index in [1.807, 2.05) is 12.3 Å². The molecule has 4 nitrogen and oxygen atoms in total. The minimum Gasteiger partial charge on any atom is -0.355 e. The number of aromatic nitrogens is 1. The summed E-state index contributed by atoms with van der Waals surface area (Å²) in [5.41, 5.74) is 2.79. The summed E-state index contributed by atoms with van der Waals surface area (Å²) >= 11 is 1.56. The molecular formula is C10H19Cl2N3OS. The van der Waals surface area contributed by atoms with E-state index in [0.717, 1.165) is 25.2 Å². The summed E-state index contributed by atoms with van der Waals surface area (Å²) in [6.45, 7) is 4.52. The van der Waals surface area contributed by atoms with E-state index in [0.29, 0.717) is 13.0 Å². The van der Waals surface area contributed by atoms with Gasteiger partial charge in [0.05, 0.1) is 11.2 Å². The van der Waals surface area contributed by atoms with Gasteiger partial charge in [-0.15, -0.1) is 36.2 Å². The molecule has 1 amide bonds. The first-order valence-corrected chi connectivity index (χ1v) is 6.11. The summed E-state index contributed by atoms with van der Waals surface area (Å²) < 4.78 is 0. The lowest BCUT2D eigenvalue weighted by atomic mass is 10.2. The Morgan fingerprint density at radius 3 is 2.76 bits per heavy atom. The maximum atomic E-state index is 11.3. The Bertz CT molecular complexity index is 283. The lowest BCUT2D eigenvalue weighted by Crippen LogP contribution is -2.31. The van der Waals surface area contributed by atoms with Gasteiger partial charge in [0.15, 0.2) is 0 Å². The molecule has 0 saturated carbocycles. The molecule has 0 aromatic carbocycles. The average molecular weight is 300 g/mol. The van der Waals surface area contributed by atoms with Gasteiger partial charge < -0.3 is 10.6 Å². The highest BCUT2D eigenvalue weighted by atomic mass is 35.5. The molecule has 0 aliphatic carbocycles. The number of hydrogen-bond donors (Lipinski definition) is 2. The maximum absolute atomic E-state index is 11.3. The quantitative estimate of drug-likeness (QED) is 0.753. The van der Waals surface area contributed by atoms with Crippen molar-refractivity contribution in [3.05, 3.63) is 16.6 Å². The van der Waals surface area contributed by atoms with E-state index < -0.39 is 0 Å². The molecule has 1 rings (SSSR count). The van der Waals surface area contributed by atoms with Crippen molar-refractivity contribution in [2.24, 2.45) is 0 Å². The molecule has 0 bridgehead atoms. The molecule has 1 aromatic heterocycles. The number of likely N-dealkylation sites (N-methyl/N-ethyl adjacent to an activating group) is 1. The number of halogens is 2. The molecule has 0 aliphatic rings. The highest BCUT2D eigenvalue weighted by Gasteiger charge is 2.02. The lowest BCUT2D eigenvalue weighted by Gasteiger charge is -2.04. The van der Waals surface area contributed by atoms with Gasteiger partial charge in [-0.25, -0.2) is 4.98 Å². The van der Waals surface area contributed by atoms with Crippen LogP contribution in [0.15, 0.2) is 10.9 Å². The highest BCUT2D eigenvalue weighted by molar-refractivity contribution is 7.07. The second kappa shape index (κ2) is 12.1. The Hall–Kier alpha value is -0.360. The fraction of sp³-hybridized carbons (Fsp3) is 0.600. The van der Waals surface area contributed by atoms with E-state index in [-0.39, 0.29) is 30.7 Å². The molecule has 100 valence electrons. The Balaban J connectivity index is 0. The van der Waals surface area contributed by atoms with Crippen molar-refractivity contribution >= 4 is 42.1 Å². The summed E-state index contributed by atoms with van der Waals surface area (Å²) in [7, 11) is 0. The van der Waals surface area contributed by atoms with E-state index >= 15 is 0 Å². The molecule has 0 atom stereocenters. The molecular weight excluding hydrogens is 281 g/mol. The molecule has 1 aromatic rings. The predicted molar refractivity (Wildman–Crippen MR) is 76.5 cm³/mol. The molecule has 2 N–H and O–H groups in total. The first-order chi connectivity index (χ1) is 7.33. The zero-order valence-corrected chi connectivity index (χ0v) is 12.2. The number of nitrogens with zero attached hydrogens (tertiary/aromatic N) is 1. The molecule has 0 saturated heterocycles. The molecule has 17 heavy (non-hydrogen) atoms. The number of rotatable bonds is 7. The minimum atomic E-state index is 0. The zero-order chi connectivity index (χ0) is 10.9. The number of nitrogens with one attached hydrogen (secondary N) is 2. The maximum Gasteiger partial charge on any atom is 0.220 e. The number of carbonyl (C=O) groups excluding carboxylic acids is 1. The average Bonchev–Trinajstić information content (AvgIpc) is 2.74. The van der Waals surface area contributed by atoms with E-state index in [4.69, 9.17) is 0 Å². The molecule has 0 unspecified atom stereocenters. The van der Waals surface area contributed by atoms with Gasteiger partial charge in [-0.1, -0.05) is 6.92 Å². The fourth-order valence-corrected chi connectivity index (χ4v) is 1.75. The summed E-state index contributed by atoms with van der Waals surface area (Å²) in [4.78, 5) is 15.5. The number of carbonyl (C=O) groups is 1. The van der Waals surface area contributed by atoms with Crippen LogP contribution >= 0.6 is 36.2 Å². The predicted octanol–water partition coefficient (Wildman–Crippen LogP) is 1.64. The second-order valence-electron chi connectivity index (χ2n) is 3.18. The SMILES string of the molecule is CCNCCNC(=O)CCc1cscn1.Cl.Cl. The molecule has 0 spiro atoms. The number of amides is 1.